The maximum atomic E-state index is 6.15. The molecule has 0 heterocycles. The van der Waals surface area contributed by atoms with Gasteiger partial charge in [-0.1, -0.05) is 209 Å². The van der Waals surface area contributed by atoms with Crippen molar-refractivity contribution >= 4 is 11.4 Å². The van der Waals surface area contributed by atoms with Crippen LogP contribution >= 0.6 is 0 Å². The molecule has 4 aromatic carbocycles. The number of aryl methyl sites for hydroxylation is 4. The first-order valence-corrected chi connectivity index (χ1v) is 24.8. The van der Waals surface area contributed by atoms with Crippen LogP contribution in [0.25, 0.3) is 0 Å². The van der Waals surface area contributed by atoms with Crippen molar-refractivity contribution in [1.82, 2.24) is 0 Å². The molecule has 0 amide bonds. The summed E-state index contributed by atoms with van der Waals surface area (Å²) in [7, 11) is 0. The summed E-state index contributed by atoms with van der Waals surface area (Å²) in [6.07, 6.45) is 36.0. The Kier molecular flexibility index (Phi) is 23.6. The van der Waals surface area contributed by atoms with E-state index in [9.17, 15) is 0 Å². The number of nitrogen functional groups attached to an aromatic ring is 2. The molecular formula is C57H86N2. The summed E-state index contributed by atoms with van der Waals surface area (Å²) < 4.78 is 0. The minimum atomic E-state index is 0.454. The fourth-order valence-corrected chi connectivity index (χ4v) is 9.52. The normalized spacial score (nSPS) is 12.5. The molecule has 2 atom stereocenters. The lowest BCUT2D eigenvalue weighted by Gasteiger charge is -2.21. The zero-order valence-electron chi connectivity index (χ0n) is 38.5. The van der Waals surface area contributed by atoms with E-state index in [0.717, 1.165) is 11.4 Å². The molecular weight excluding hydrogens is 713 g/mol. The third kappa shape index (κ3) is 18.3. The van der Waals surface area contributed by atoms with E-state index in [0.29, 0.717) is 11.8 Å². The van der Waals surface area contributed by atoms with E-state index in [1.54, 1.807) is 0 Å². The Hall–Kier alpha value is -3.52. The zero-order valence-corrected chi connectivity index (χ0v) is 38.5. The molecule has 0 spiro atoms. The summed E-state index contributed by atoms with van der Waals surface area (Å²) in [5, 5.41) is 0. The molecule has 0 aliphatic carbocycles. The van der Waals surface area contributed by atoms with Gasteiger partial charge in [-0.3, -0.25) is 0 Å². The van der Waals surface area contributed by atoms with E-state index in [1.807, 2.05) is 0 Å². The van der Waals surface area contributed by atoms with Gasteiger partial charge >= 0.3 is 0 Å². The number of benzene rings is 4. The third-order valence-corrected chi connectivity index (χ3v) is 13.2. The molecule has 59 heavy (non-hydrogen) atoms. The lowest BCUT2D eigenvalue weighted by Crippen LogP contribution is -2.05. The first-order chi connectivity index (χ1) is 28.9. The van der Waals surface area contributed by atoms with Gasteiger partial charge in [-0.25, -0.2) is 0 Å². The van der Waals surface area contributed by atoms with Gasteiger partial charge in [0.05, 0.1) is 0 Å². The van der Waals surface area contributed by atoms with Crippen LogP contribution in [0.4, 0.5) is 11.4 Å². The molecule has 4 N–H and O–H groups in total. The molecule has 0 aliphatic heterocycles. The fraction of sp³-hybridized carbons (Fsp3) is 0.579. The van der Waals surface area contributed by atoms with E-state index < -0.39 is 0 Å². The summed E-state index contributed by atoms with van der Waals surface area (Å²) in [5.41, 5.74) is 25.5. The molecule has 0 bridgehead atoms. The maximum absolute atomic E-state index is 6.15. The molecule has 2 heteroatoms. The van der Waals surface area contributed by atoms with Crippen LogP contribution in [0.1, 0.15) is 231 Å². The minimum Gasteiger partial charge on any atom is -0.399 e. The number of unbranched alkanes of at least 4 members (excludes halogenated alkanes) is 20. The van der Waals surface area contributed by atoms with Crippen molar-refractivity contribution in [3.05, 3.63) is 129 Å². The van der Waals surface area contributed by atoms with Crippen molar-refractivity contribution in [2.45, 2.75) is 213 Å². The number of nitrogens with two attached hydrogens (primary N) is 2. The van der Waals surface area contributed by atoms with E-state index in [-0.39, 0.29) is 0 Å². The van der Waals surface area contributed by atoms with Gasteiger partial charge in [-0.15, -0.1) is 0 Å². The van der Waals surface area contributed by atoms with E-state index >= 15 is 0 Å². The van der Waals surface area contributed by atoms with Gasteiger partial charge in [0.25, 0.3) is 0 Å². The Morgan fingerprint density at radius 1 is 0.356 bits per heavy atom. The maximum Gasteiger partial charge on any atom is 0.0316 e. The zero-order chi connectivity index (χ0) is 41.9. The van der Waals surface area contributed by atoms with Gasteiger partial charge in [0.15, 0.2) is 0 Å². The van der Waals surface area contributed by atoms with Crippen molar-refractivity contribution < 1.29 is 0 Å². The molecule has 4 rings (SSSR count). The van der Waals surface area contributed by atoms with Crippen molar-refractivity contribution in [3.8, 4) is 0 Å². The topological polar surface area (TPSA) is 52.0 Å². The van der Waals surface area contributed by atoms with Gasteiger partial charge in [0.1, 0.15) is 0 Å². The Morgan fingerprint density at radius 3 is 0.983 bits per heavy atom. The smallest absolute Gasteiger partial charge is 0.0316 e. The van der Waals surface area contributed by atoms with E-state index in [1.165, 1.54) is 218 Å². The van der Waals surface area contributed by atoms with Gasteiger partial charge < -0.3 is 11.5 Å². The summed E-state index contributed by atoms with van der Waals surface area (Å²) in [6.45, 7) is 9.07. The van der Waals surface area contributed by atoms with Crippen molar-refractivity contribution in [1.29, 1.82) is 0 Å². The molecule has 0 saturated heterocycles. The number of hydrogen-bond acceptors (Lipinski definition) is 2. The van der Waals surface area contributed by atoms with Crippen LogP contribution < -0.4 is 11.5 Å². The molecule has 324 valence electrons. The fourth-order valence-electron chi connectivity index (χ4n) is 9.52. The highest BCUT2D eigenvalue weighted by atomic mass is 14.5. The molecule has 0 radical (unpaired) electrons. The van der Waals surface area contributed by atoms with Crippen molar-refractivity contribution in [2.24, 2.45) is 0 Å². The van der Waals surface area contributed by atoms with Crippen LogP contribution in [0.3, 0.4) is 0 Å². The predicted molar refractivity (Wildman–Crippen MR) is 262 cm³/mol. The van der Waals surface area contributed by atoms with Crippen LogP contribution in [0.5, 0.6) is 0 Å². The van der Waals surface area contributed by atoms with Gasteiger partial charge in [0, 0.05) is 23.2 Å². The van der Waals surface area contributed by atoms with Crippen LogP contribution in [-0.2, 0) is 12.8 Å². The Bertz CT molecular complexity index is 1540. The van der Waals surface area contributed by atoms with Gasteiger partial charge in [-0.2, -0.15) is 0 Å². The third-order valence-electron chi connectivity index (χ3n) is 13.2. The van der Waals surface area contributed by atoms with Gasteiger partial charge in [-0.05, 0) is 121 Å². The first-order valence-electron chi connectivity index (χ1n) is 24.8. The van der Waals surface area contributed by atoms with E-state index in [2.05, 4.69) is 113 Å². The Labute approximate surface area is 363 Å². The molecule has 0 saturated carbocycles. The second-order valence-corrected chi connectivity index (χ2v) is 18.3. The van der Waals surface area contributed by atoms with Crippen LogP contribution in [0, 0.1) is 13.8 Å². The van der Waals surface area contributed by atoms with Crippen LogP contribution in [-0.4, -0.2) is 0 Å². The highest BCUT2D eigenvalue weighted by Gasteiger charge is 2.18. The average Bonchev–Trinajstić information content (AvgIpc) is 3.23. The molecule has 2 unspecified atom stereocenters. The van der Waals surface area contributed by atoms with Crippen molar-refractivity contribution in [3.63, 3.8) is 0 Å². The number of rotatable bonds is 32. The lowest BCUT2D eigenvalue weighted by molar-refractivity contribution is 0.550. The van der Waals surface area contributed by atoms with Gasteiger partial charge in [0.2, 0.25) is 0 Å². The van der Waals surface area contributed by atoms with E-state index in [4.69, 9.17) is 11.5 Å². The average molecular weight is 799 g/mol. The van der Waals surface area contributed by atoms with Crippen molar-refractivity contribution in [2.75, 3.05) is 11.5 Å². The molecule has 0 aliphatic rings. The number of hydrogen-bond donors (Lipinski definition) is 2. The molecule has 4 aromatic rings. The minimum absolute atomic E-state index is 0.454. The van der Waals surface area contributed by atoms with Crippen LogP contribution in [0.15, 0.2) is 84.9 Å². The summed E-state index contributed by atoms with van der Waals surface area (Å²) in [5.74, 6) is 0.908. The largest absolute Gasteiger partial charge is 0.399 e. The Balaban J connectivity index is 1.14. The molecule has 0 fully saturated rings. The van der Waals surface area contributed by atoms with Crippen LogP contribution in [0.2, 0.25) is 0 Å². The number of anilines is 2. The molecule has 2 nitrogen and oxygen atoms in total. The monoisotopic (exact) mass is 799 g/mol. The lowest BCUT2D eigenvalue weighted by atomic mass is 9.84. The highest BCUT2D eigenvalue weighted by Crippen LogP contribution is 2.35. The summed E-state index contributed by atoms with van der Waals surface area (Å²) in [4.78, 5) is 0. The summed E-state index contributed by atoms with van der Waals surface area (Å²) in [6, 6.07) is 32.4. The summed E-state index contributed by atoms with van der Waals surface area (Å²) >= 11 is 0. The highest BCUT2D eigenvalue weighted by molar-refractivity contribution is 5.49. The second kappa shape index (κ2) is 28.9. The standard InChI is InChI=1S/C57H86N2/c1-5-7-9-11-13-18-22-26-30-56(54-42-40-52(58)44-46(54)3)50-36-32-48(33-37-50)28-24-20-16-15-17-21-25-29-49-34-38-51(39-35-49)57(55-43-41-53(59)45-47(55)4)31-27-23-19-14-12-10-8-6-2/h32-45,56-57H,5-31,58-59H2,1-4H3. The quantitative estimate of drug-likeness (QED) is 0.0382. The SMILES string of the molecule is CCCCCCCCCCC(c1ccc(CCCCCCCCCc2ccc(C(CCCCCCCCCC)c3ccc(N)cc3C)cc2)cc1)c1ccc(N)cc1C. The second-order valence-electron chi connectivity index (χ2n) is 18.3. The Morgan fingerprint density at radius 2 is 0.661 bits per heavy atom. The molecule has 0 aromatic heterocycles. The first kappa shape index (κ1) is 48.1. The predicted octanol–water partition coefficient (Wildman–Crippen LogP) is 17.3.